The van der Waals surface area contributed by atoms with Gasteiger partial charge in [0.25, 0.3) is 0 Å². The molecule has 0 saturated carbocycles. The fraction of sp³-hybridized carbons (Fsp3) is 0.158. The van der Waals surface area contributed by atoms with Gasteiger partial charge in [-0.15, -0.1) is 0 Å². The van der Waals surface area contributed by atoms with Gasteiger partial charge in [-0.05, 0) is 24.6 Å². The molecular formula is C19H17NO3. The van der Waals surface area contributed by atoms with Crippen LogP contribution in [-0.4, -0.2) is 11.0 Å². The number of hydrogen-bond acceptors (Lipinski definition) is 4. The molecule has 0 atom stereocenters. The van der Waals surface area contributed by atoms with Gasteiger partial charge in [0.2, 0.25) is 5.89 Å². The van der Waals surface area contributed by atoms with Crippen LogP contribution in [0.25, 0.3) is 11.5 Å². The van der Waals surface area contributed by atoms with Gasteiger partial charge in [-0.1, -0.05) is 48.0 Å². The molecule has 3 rings (SSSR count). The molecule has 4 nitrogen and oxygen atoms in total. The molecule has 2 aromatic carbocycles. The maximum absolute atomic E-state index is 11.8. The molecule has 23 heavy (non-hydrogen) atoms. The topological polar surface area (TPSA) is 52.3 Å². The van der Waals surface area contributed by atoms with Gasteiger partial charge in [-0.3, -0.25) is 4.79 Å². The average molecular weight is 307 g/mol. The van der Waals surface area contributed by atoms with Crippen LogP contribution in [0.2, 0.25) is 0 Å². The fourth-order valence-corrected chi connectivity index (χ4v) is 2.17. The summed E-state index contributed by atoms with van der Waals surface area (Å²) in [7, 11) is 0. The predicted octanol–water partition coefficient (Wildman–Crippen LogP) is 3.94. The number of aromatic nitrogens is 1. The number of oxazole rings is 1. The van der Waals surface area contributed by atoms with Gasteiger partial charge in [-0.25, -0.2) is 4.98 Å². The van der Waals surface area contributed by atoms with Crippen LogP contribution in [0.4, 0.5) is 0 Å². The largest absolute Gasteiger partial charge is 0.459 e. The first kappa shape index (κ1) is 15.0. The summed E-state index contributed by atoms with van der Waals surface area (Å²) in [5, 5.41) is 0. The number of carbonyl (C=O) groups excluding carboxylic acids is 1. The quantitative estimate of drug-likeness (QED) is 0.670. The summed E-state index contributed by atoms with van der Waals surface area (Å²) < 4.78 is 10.7. The van der Waals surface area contributed by atoms with Gasteiger partial charge in [0.1, 0.15) is 18.6 Å². The minimum absolute atomic E-state index is 0.112. The Morgan fingerprint density at radius 3 is 2.57 bits per heavy atom. The Labute approximate surface area is 134 Å². The van der Waals surface area contributed by atoms with Crippen molar-refractivity contribution in [3.8, 4) is 11.5 Å². The summed E-state index contributed by atoms with van der Waals surface area (Å²) >= 11 is 0. The van der Waals surface area contributed by atoms with Crippen molar-refractivity contribution < 1.29 is 13.9 Å². The summed E-state index contributed by atoms with van der Waals surface area (Å²) in [5.41, 5.74) is 3.60. The van der Waals surface area contributed by atoms with E-state index >= 15 is 0 Å². The lowest BCUT2D eigenvalue weighted by Gasteiger charge is -2.02. The number of rotatable bonds is 5. The Kier molecular flexibility index (Phi) is 4.52. The van der Waals surface area contributed by atoms with Gasteiger partial charge in [0.05, 0.1) is 6.42 Å². The molecule has 0 aliphatic heterocycles. The highest BCUT2D eigenvalue weighted by atomic mass is 16.5. The third-order valence-corrected chi connectivity index (χ3v) is 3.42. The van der Waals surface area contributed by atoms with Crippen molar-refractivity contribution in [2.24, 2.45) is 0 Å². The van der Waals surface area contributed by atoms with Crippen molar-refractivity contribution >= 4 is 5.97 Å². The van der Waals surface area contributed by atoms with Gasteiger partial charge < -0.3 is 9.15 Å². The normalized spacial score (nSPS) is 10.5. The van der Waals surface area contributed by atoms with E-state index < -0.39 is 0 Å². The Bertz CT molecular complexity index is 776. The second-order valence-corrected chi connectivity index (χ2v) is 5.33. The number of esters is 1. The standard InChI is InChI=1S/C19H17NO3/c1-14-7-9-16(10-8-14)19-20-17(13-23-19)12-22-18(21)11-15-5-3-2-4-6-15/h2-10,13H,11-12H2,1H3. The molecule has 0 amide bonds. The van der Waals surface area contributed by atoms with E-state index in [9.17, 15) is 4.79 Å². The Morgan fingerprint density at radius 1 is 1.09 bits per heavy atom. The molecule has 0 aliphatic carbocycles. The predicted molar refractivity (Wildman–Crippen MR) is 86.6 cm³/mol. The molecule has 0 fully saturated rings. The van der Waals surface area contributed by atoms with Crippen LogP contribution >= 0.6 is 0 Å². The first-order chi connectivity index (χ1) is 11.2. The van der Waals surface area contributed by atoms with Crippen LogP contribution in [0.15, 0.2) is 65.3 Å². The van der Waals surface area contributed by atoms with Gasteiger partial charge >= 0.3 is 5.97 Å². The highest BCUT2D eigenvalue weighted by molar-refractivity contribution is 5.72. The Hall–Kier alpha value is -2.88. The van der Waals surface area contributed by atoms with E-state index in [4.69, 9.17) is 9.15 Å². The molecule has 0 N–H and O–H groups in total. The molecule has 0 spiro atoms. The SMILES string of the molecule is Cc1ccc(-c2nc(COC(=O)Cc3ccccc3)co2)cc1. The minimum atomic E-state index is -0.281. The number of carbonyl (C=O) groups is 1. The maximum atomic E-state index is 11.8. The molecular weight excluding hydrogens is 290 g/mol. The van der Waals surface area contributed by atoms with E-state index in [1.54, 1.807) is 0 Å². The van der Waals surface area contributed by atoms with Gasteiger partial charge in [0.15, 0.2) is 0 Å². The van der Waals surface area contributed by atoms with Crippen molar-refractivity contribution in [3.05, 3.63) is 77.7 Å². The molecule has 0 radical (unpaired) electrons. The third-order valence-electron chi connectivity index (χ3n) is 3.42. The lowest BCUT2D eigenvalue weighted by Crippen LogP contribution is -2.08. The number of benzene rings is 2. The van der Waals surface area contributed by atoms with Crippen LogP contribution in [0, 0.1) is 6.92 Å². The second-order valence-electron chi connectivity index (χ2n) is 5.33. The molecule has 0 bridgehead atoms. The zero-order valence-corrected chi connectivity index (χ0v) is 12.9. The number of ether oxygens (including phenoxy) is 1. The molecule has 3 aromatic rings. The molecule has 1 aromatic heterocycles. The first-order valence-corrected chi connectivity index (χ1v) is 7.42. The number of hydrogen-bond donors (Lipinski definition) is 0. The lowest BCUT2D eigenvalue weighted by atomic mass is 10.1. The molecule has 0 saturated heterocycles. The molecule has 0 aliphatic rings. The number of aryl methyl sites for hydroxylation is 1. The van der Waals surface area contributed by atoms with E-state index in [1.165, 1.54) is 11.8 Å². The average Bonchev–Trinajstić information content (AvgIpc) is 3.04. The zero-order chi connectivity index (χ0) is 16.1. The van der Waals surface area contributed by atoms with Crippen molar-refractivity contribution in [1.29, 1.82) is 0 Å². The molecule has 4 heteroatoms. The second kappa shape index (κ2) is 6.92. The van der Waals surface area contributed by atoms with E-state index in [0.29, 0.717) is 11.6 Å². The van der Waals surface area contributed by atoms with Gasteiger partial charge in [0, 0.05) is 5.56 Å². The van der Waals surface area contributed by atoms with Gasteiger partial charge in [-0.2, -0.15) is 0 Å². The summed E-state index contributed by atoms with van der Waals surface area (Å²) in [6, 6.07) is 17.4. The monoisotopic (exact) mass is 307 g/mol. The first-order valence-electron chi connectivity index (χ1n) is 7.42. The molecule has 116 valence electrons. The van der Waals surface area contributed by atoms with Crippen LogP contribution in [0.3, 0.4) is 0 Å². The Balaban J connectivity index is 1.57. The van der Waals surface area contributed by atoms with Crippen molar-refractivity contribution in [2.45, 2.75) is 20.0 Å². The van der Waals surface area contributed by atoms with Crippen LogP contribution < -0.4 is 0 Å². The van der Waals surface area contributed by atoms with Crippen LogP contribution in [-0.2, 0) is 22.6 Å². The summed E-state index contributed by atoms with van der Waals surface area (Å²) in [5.74, 6) is 0.246. The molecule has 1 heterocycles. The zero-order valence-electron chi connectivity index (χ0n) is 12.9. The van der Waals surface area contributed by atoms with E-state index in [1.807, 2.05) is 61.5 Å². The van der Waals surface area contributed by atoms with Crippen LogP contribution in [0.5, 0.6) is 0 Å². The minimum Gasteiger partial charge on any atom is -0.459 e. The van der Waals surface area contributed by atoms with Crippen LogP contribution in [0.1, 0.15) is 16.8 Å². The fourth-order valence-electron chi connectivity index (χ4n) is 2.17. The van der Waals surface area contributed by atoms with Crippen molar-refractivity contribution in [3.63, 3.8) is 0 Å². The summed E-state index contributed by atoms with van der Waals surface area (Å²) in [6.07, 6.45) is 1.77. The maximum Gasteiger partial charge on any atom is 0.310 e. The summed E-state index contributed by atoms with van der Waals surface area (Å²) in [6.45, 7) is 2.14. The van der Waals surface area contributed by atoms with E-state index in [2.05, 4.69) is 4.98 Å². The van der Waals surface area contributed by atoms with E-state index in [0.717, 1.165) is 11.1 Å². The highest BCUT2D eigenvalue weighted by Crippen LogP contribution is 2.19. The molecule has 0 unspecified atom stereocenters. The smallest absolute Gasteiger partial charge is 0.310 e. The third kappa shape index (κ3) is 4.07. The van der Waals surface area contributed by atoms with E-state index in [-0.39, 0.29) is 19.0 Å². The summed E-state index contributed by atoms with van der Waals surface area (Å²) in [4.78, 5) is 16.2. The lowest BCUT2D eigenvalue weighted by molar-refractivity contribution is -0.144. The highest BCUT2D eigenvalue weighted by Gasteiger charge is 2.09. The number of nitrogens with zero attached hydrogens (tertiary/aromatic N) is 1. The Morgan fingerprint density at radius 2 is 1.83 bits per heavy atom. The van der Waals surface area contributed by atoms with Crippen molar-refractivity contribution in [2.75, 3.05) is 0 Å². The van der Waals surface area contributed by atoms with Crippen molar-refractivity contribution in [1.82, 2.24) is 4.98 Å².